The highest BCUT2D eigenvalue weighted by Crippen LogP contribution is 2.22. The first-order valence-corrected chi connectivity index (χ1v) is 6.97. The third-order valence-corrected chi connectivity index (χ3v) is 3.47. The zero-order valence-electron chi connectivity index (χ0n) is 11.9. The third kappa shape index (κ3) is 3.03. The van der Waals surface area contributed by atoms with Gasteiger partial charge in [-0.2, -0.15) is 0 Å². The molecular weight excluding hydrogens is 262 g/mol. The van der Waals surface area contributed by atoms with E-state index < -0.39 is 6.10 Å². The Morgan fingerprint density at radius 1 is 1.10 bits per heavy atom. The molecule has 0 bridgehead atoms. The molecule has 2 aromatic carbocycles. The van der Waals surface area contributed by atoms with E-state index in [4.69, 9.17) is 4.74 Å². The first kappa shape index (κ1) is 13.6. The summed E-state index contributed by atoms with van der Waals surface area (Å²) in [6.45, 7) is 2.22. The molecule has 3 nitrogen and oxygen atoms in total. The van der Waals surface area contributed by atoms with Crippen LogP contribution in [0.15, 0.2) is 60.8 Å². The number of rotatable bonds is 4. The molecule has 0 amide bonds. The highest BCUT2D eigenvalue weighted by molar-refractivity contribution is 5.81. The molecular formula is C18H17NO2. The second-order valence-corrected chi connectivity index (χ2v) is 5.02. The molecule has 0 unspecified atom stereocenters. The zero-order valence-corrected chi connectivity index (χ0v) is 11.9. The zero-order chi connectivity index (χ0) is 14.7. The lowest BCUT2D eigenvalue weighted by Gasteiger charge is -2.11. The average Bonchev–Trinajstić information content (AvgIpc) is 2.53. The molecule has 21 heavy (non-hydrogen) atoms. The molecule has 0 aliphatic heterocycles. The molecule has 106 valence electrons. The summed E-state index contributed by atoms with van der Waals surface area (Å²) < 4.78 is 5.85. The number of ether oxygens (including phenoxy) is 1. The van der Waals surface area contributed by atoms with E-state index in [1.54, 1.807) is 13.1 Å². The van der Waals surface area contributed by atoms with Crippen molar-refractivity contribution >= 4 is 10.9 Å². The van der Waals surface area contributed by atoms with Crippen molar-refractivity contribution in [1.82, 2.24) is 4.98 Å². The molecule has 3 rings (SSSR count). The van der Waals surface area contributed by atoms with Gasteiger partial charge in [-0.05, 0) is 36.8 Å². The molecule has 3 heteroatoms. The van der Waals surface area contributed by atoms with E-state index in [1.165, 1.54) is 0 Å². The van der Waals surface area contributed by atoms with Crippen molar-refractivity contribution in [3.63, 3.8) is 0 Å². The smallest absolute Gasteiger partial charge is 0.120 e. The van der Waals surface area contributed by atoms with Gasteiger partial charge in [0.1, 0.15) is 12.4 Å². The van der Waals surface area contributed by atoms with Crippen LogP contribution in [0.2, 0.25) is 0 Å². The highest BCUT2D eigenvalue weighted by Gasteiger charge is 2.05. The molecule has 0 fully saturated rings. The second kappa shape index (κ2) is 5.94. The minimum atomic E-state index is -0.490. The van der Waals surface area contributed by atoms with Gasteiger partial charge in [-0.25, -0.2) is 0 Å². The van der Waals surface area contributed by atoms with E-state index in [9.17, 15) is 5.11 Å². The lowest BCUT2D eigenvalue weighted by molar-refractivity contribution is 0.198. The number of fused-ring (bicyclic) bond motifs is 1. The molecule has 1 N–H and O–H groups in total. The van der Waals surface area contributed by atoms with E-state index >= 15 is 0 Å². The maximum atomic E-state index is 9.61. The van der Waals surface area contributed by atoms with Crippen LogP contribution in [0.3, 0.4) is 0 Å². The van der Waals surface area contributed by atoms with E-state index in [2.05, 4.69) is 4.98 Å². The SMILES string of the molecule is C[C@@H](O)c1cccc(OCc2ccnc3ccccc23)c1. The fourth-order valence-corrected chi connectivity index (χ4v) is 2.31. The number of benzene rings is 2. The number of aliphatic hydroxyl groups is 1. The molecule has 1 heterocycles. The van der Waals surface area contributed by atoms with Crippen LogP contribution in [0.4, 0.5) is 0 Å². The first-order chi connectivity index (χ1) is 10.2. The minimum absolute atomic E-state index is 0.478. The fourth-order valence-electron chi connectivity index (χ4n) is 2.31. The van der Waals surface area contributed by atoms with Gasteiger partial charge in [-0.3, -0.25) is 4.98 Å². The number of aromatic nitrogens is 1. The van der Waals surface area contributed by atoms with Crippen molar-refractivity contribution in [2.24, 2.45) is 0 Å². The van der Waals surface area contributed by atoms with Crippen molar-refractivity contribution in [2.45, 2.75) is 19.6 Å². The van der Waals surface area contributed by atoms with Crippen LogP contribution in [-0.2, 0) is 6.61 Å². The monoisotopic (exact) mass is 279 g/mol. The molecule has 0 radical (unpaired) electrons. The number of aliphatic hydroxyl groups excluding tert-OH is 1. The van der Waals surface area contributed by atoms with Gasteiger partial charge < -0.3 is 9.84 Å². The topological polar surface area (TPSA) is 42.4 Å². The van der Waals surface area contributed by atoms with Crippen molar-refractivity contribution in [1.29, 1.82) is 0 Å². The predicted octanol–water partition coefficient (Wildman–Crippen LogP) is 3.87. The Hall–Kier alpha value is -2.39. The molecule has 0 spiro atoms. The maximum absolute atomic E-state index is 9.61. The first-order valence-electron chi connectivity index (χ1n) is 6.97. The van der Waals surface area contributed by atoms with Gasteiger partial charge in [0.05, 0.1) is 11.6 Å². The van der Waals surface area contributed by atoms with Crippen LogP contribution in [0.1, 0.15) is 24.2 Å². The Morgan fingerprint density at radius 2 is 1.95 bits per heavy atom. The van der Waals surface area contributed by atoms with Crippen molar-refractivity contribution < 1.29 is 9.84 Å². The average molecular weight is 279 g/mol. The standard InChI is InChI=1S/C18H17NO2/c1-13(20)14-5-4-6-16(11-14)21-12-15-9-10-19-18-8-3-2-7-17(15)18/h2-11,13,20H,12H2,1H3/t13-/m1/s1. The van der Waals surface area contributed by atoms with E-state index in [-0.39, 0.29) is 0 Å². The predicted molar refractivity (Wildman–Crippen MR) is 83.2 cm³/mol. The van der Waals surface area contributed by atoms with Gasteiger partial charge in [-0.1, -0.05) is 30.3 Å². The second-order valence-electron chi connectivity index (χ2n) is 5.02. The van der Waals surface area contributed by atoms with Crippen molar-refractivity contribution in [3.8, 4) is 5.75 Å². The summed E-state index contributed by atoms with van der Waals surface area (Å²) in [7, 11) is 0. The van der Waals surface area contributed by atoms with Gasteiger partial charge >= 0.3 is 0 Å². The number of pyridine rings is 1. The number of hydrogen-bond donors (Lipinski definition) is 1. The van der Waals surface area contributed by atoms with Crippen molar-refractivity contribution in [2.75, 3.05) is 0 Å². The molecule has 0 saturated carbocycles. The Balaban J connectivity index is 1.82. The van der Waals surface area contributed by atoms with E-state index in [0.717, 1.165) is 27.8 Å². The van der Waals surface area contributed by atoms with Gasteiger partial charge in [0.15, 0.2) is 0 Å². The van der Waals surface area contributed by atoms with Crippen LogP contribution in [-0.4, -0.2) is 10.1 Å². The quantitative estimate of drug-likeness (QED) is 0.788. The fraction of sp³-hybridized carbons (Fsp3) is 0.167. The summed E-state index contributed by atoms with van der Waals surface area (Å²) in [5, 5.41) is 10.7. The van der Waals surface area contributed by atoms with Crippen molar-refractivity contribution in [3.05, 3.63) is 71.9 Å². The van der Waals surface area contributed by atoms with Gasteiger partial charge in [0.25, 0.3) is 0 Å². The Kier molecular flexibility index (Phi) is 3.84. The lowest BCUT2D eigenvalue weighted by atomic mass is 10.1. The summed E-state index contributed by atoms with van der Waals surface area (Å²) in [5.74, 6) is 0.759. The molecule has 0 aliphatic rings. The Labute approximate surface area is 123 Å². The van der Waals surface area contributed by atoms with Gasteiger partial charge in [0.2, 0.25) is 0 Å². The Bertz CT molecular complexity index is 748. The van der Waals surface area contributed by atoms with Crippen LogP contribution in [0, 0.1) is 0 Å². The van der Waals surface area contributed by atoms with Crippen LogP contribution in [0.25, 0.3) is 10.9 Å². The summed E-state index contributed by atoms with van der Waals surface area (Å²) in [5.41, 5.74) is 2.92. The molecule has 1 atom stereocenters. The van der Waals surface area contributed by atoms with Crippen LogP contribution >= 0.6 is 0 Å². The molecule has 0 aliphatic carbocycles. The van der Waals surface area contributed by atoms with E-state index in [1.807, 2.05) is 54.6 Å². The number of nitrogens with zero attached hydrogens (tertiary/aromatic N) is 1. The minimum Gasteiger partial charge on any atom is -0.489 e. The summed E-state index contributed by atoms with van der Waals surface area (Å²) in [6, 6.07) is 17.5. The van der Waals surface area contributed by atoms with E-state index in [0.29, 0.717) is 6.61 Å². The molecule has 0 saturated heterocycles. The van der Waals surface area contributed by atoms with Crippen LogP contribution < -0.4 is 4.74 Å². The number of hydrogen-bond acceptors (Lipinski definition) is 3. The van der Waals surface area contributed by atoms with Gasteiger partial charge in [-0.15, -0.1) is 0 Å². The normalized spacial score (nSPS) is 12.3. The summed E-state index contributed by atoms with van der Waals surface area (Å²) >= 11 is 0. The summed E-state index contributed by atoms with van der Waals surface area (Å²) in [6.07, 6.45) is 1.31. The molecule has 3 aromatic rings. The number of para-hydroxylation sites is 1. The maximum Gasteiger partial charge on any atom is 0.120 e. The molecule has 1 aromatic heterocycles. The Morgan fingerprint density at radius 3 is 2.81 bits per heavy atom. The third-order valence-electron chi connectivity index (χ3n) is 3.47. The van der Waals surface area contributed by atoms with Crippen LogP contribution in [0.5, 0.6) is 5.75 Å². The highest BCUT2D eigenvalue weighted by atomic mass is 16.5. The largest absolute Gasteiger partial charge is 0.489 e. The lowest BCUT2D eigenvalue weighted by Crippen LogP contribution is -1.98. The summed E-state index contributed by atoms with van der Waals surface area (Å²) in [4.78, 5) is 4.35. The van der Waals surface area contributed by atoms with Gasteiger partial charge in [0, 0.05) is 17.1 Å².